The summed E-state index contributed by atoms with van der Waals surface area (Å²) in [4.78, 5) is 43.6. The molecule has 0 aromatic carbocycles. The highest BCUT2D eigenvalue weighted by Gasteiger charge is 2.42. The van der Waals surface area contributed by atoms with Crippen molar-refractivity contribution in [2.24, 2.45) is 5.73 Å². The minimum atomic E-state index is -2.85. The summed E-state index contributed by atoms with van der Waals surface area (Å²) in [6, 6.07) is 0. The van der Waals surface area contributed by atoms with Gasteiger partial charge in [-0.1, -0.05) is 0 Å². The van der Waals surface area contributed by atoms with Gasteiger partial charge in [-0.2, -0.15) is 0 Å². The maximum absolute atomic E-state index is 11.3. The lowest BCUT2D eigenvalue weighted by atomic mass is 9.96. The monoisotopic (exact) mass is 293 g/mol. The number of hydrogen-bond donors (Lipinski definition) is 4. The van der Waals surface area contributed by atoms with E-state index in [0.717, 1.165) is 0 Å². The molecular weight excluding hydrogens is 278 g/mol. The van der Waals surface area contributed by atoms with E-state index in [1.54, 1.807) is 0 Å². The first kappa shape index (κ1) is 17.8. The van der Waals surface area contributed by atoms with Crippen LogP contribution in [0, 0.1) is 0 Å². The molecule has 10 nitrogen and oxygen atoms in total. The number of hydrogen-bond acceptors (Lipinski definition) is 8. The predicted molar refractivity (Wildman–Crippen MR) is 60.2 cm³/mol. The molecule has 0 rings (SSSR count). The third-order valence-electron chi connectivity index (χ3n) is 2.06. The summed E-state index contributed by atoms with van der Waals surface area (Å²) >= 11 is 0. The van der Waals surface area contributed by atoms with E-state index < -0.39 is 48.5 Å². The van der Waals surface area contributed by atoms with Crippen molar-refractivity contribution in [3.05, 3.63) is 0 Å². The van der Waals surface area contributed by atoms with Gasteiger partial charge in [0.1, 0.15) is 0 Å². The number of nitrogens with two attached hydrogens (primary N) is 1. The molecule has 0 bridgehead atoms. The van der Waals surface area contributed by atoms with Crippen molar-refractivity contribution < 1.29 is 44.0 Å². The van der Waals surface area contributed by atoms with E-state index in [2.05, 4.69) is 9.47 Å². The third kappa shape index (κ3) is 5.63. The number of esters is 2. The minimum Gasteiger partial charge on any atom is -0.481 e. The van der Waals surface area contributed by atoms with E-state index in [9.17, 15) is 24.3 Å². The molecule has 0 aromatic rings. The Labute approximate surface area is 113 Å². The van der Waals surface area contributed by atoms with Crippen molar-refractivity contribution in [2.75, 3.05) is 6.61 Å². The summed E-state index contributed by atoms with van der Waals surface area (Å²) in [7, 11) is 0. The molecule has 20 heavy (non-hydrogen) atoms. The van der Waals surface area contributed by atoms with Gasteiger partial charge in [0.15, 0.2) is 5.60 Å². The van der Waals surface area contributed by atoms with Crippen LogP contribution in [0.2, 0.25) is 0 Å². The Morgan fingerprint density at radius 2 is 1.75 bits per heavy atom. The Morgan fingerprint density at radius 1 is 1.20 bits per heavy atom. The van der Waals surface area contributed by atoms with Crippen LogP contribution in [0.4, 0.5) is 0 Å². The molecule has 114 valence electrons. The lowest BCUT2D eigenvalue weighted by Crippen LogP contribution is -2.45. The van der Waals surface area contributed by atoms with E-state index in [0.29, 0.717) is 0 Å². The Bertz CT molecular complexity index is 408. The van der Waals surface area contributed by atoms with E-state index in [4.69, 9.17) is 15.9 Å². The maximum Gasteiger partial charge on any atom is 0.362 e. The second-order valence-corrected chi connectivity index (χ2v) is 3.75. The zero-order valence-electron chi connectivity index (χ0n) is 10.6. The number of aliphatic carboxylic acids is 2. The van der Waals surface area contributed by atoms with Gasteiger partial charge in [-0.15, -0.1) is 0 Å². The molecule has 0 aliphatic carbocycles. The van der Waals surface area contributed by atoms with Crippen LogP contribution in [-0.4, -0.2) is 57.6 Å². The second-order valence-electron chi connectivity index (χ2n) is 3.75. The molecule has 0 heterocycles. The maximum atomic E-state index is 11.3. The summed E-state index contributed by atoms with van der Waals surface area (Å²) in [5, 5.41) is 26.7. The van der Waals surface area contributed by atoms with E-state index in [1.807, 2.05) is 0 Å². The van der Waals surface area contributed by atoms with Crippen molar-refractivity contribution in [1.82, 2.24) is 0 Å². The van der Waals surface area contributed by atoms with Crippen molar-refractivity contribution in [3.8, 4) is 0 Å². The smallest absolute Gasteiger partial charge is 0.362 e. The average Bonchev–Trinajstić information content (AvgIpc) is 2.27. The van der Waals surface area contributed by atoms with Crippen molar-refractivity contribution >= 4 is 23.9 Å². The van der Waals surface area contributed by atoms with Crippen molar-refractivity contribution in [2.45, 2.75) is 31.6 Å². The molecule has 0 radical (unpaired) electrons. The van der Waals surface area contributed by atoms with Crippen molar-refractivity contribution in [3.63, 3.8) is 0 Å². The first-order valence-electron chi connectivity index (χ1n) is 5.41. The third-order valence-corrected chi connectivity index (χ3v) is 2.06. The zero-order chi connectivity index (χ0) is 15.9. The first-order chi connectivity index (χ1) is 9.12. The van der Waals surface area contributed by atoms with Gasteiger partial charge in [-0.25, -0.2) is 9.59 Å². The highest BCUT2D eigenvalue weighted by Crippen LogP contribution is 2.17. The molecule has 0 spiro atoms. The molecule has 0 aliphatic rings. The van der Waals surface area contributed by atoms with Gasteiger partial charge in [-0.3, -0.25) is 15.3 Å². The second kappa shape index (κ2) is 7.40. The lowest BCUT2D eigenvalue weighted by molar-refractivity contribution is -0.177. The van der Waals surface area contributed by atoms with Gasteiger partial charge < -0.3 is 24.8 Å². The summed E-state index contributed by atoms with van der Waals surface area (Å²) in [5.41, 5.74) is 2.29. The van der Waals surface area contributed by atoms with Gasteiger partial charge in [0, 0.05) is 0 Å². The summed E-state index contributed by atoms with van der Waals surface area (Å²) in [6.07, 6.45) is -4.18. The topological polar surface area (TPSA) is 173 Å². The first-order valence-corrected chi connectivity index (χ1v) is 5.41. The van der Waals surface area contributed by atoms with Gasteiger partial charge in [-0.05, 0) is 6.92 Å². The quantitative estimate of drug-likeness (QED) is 0.291. The Balaban J connectivity index is 4.66. The fourth-order valence-corrected chi connectivity index (χ4v) is 1.16. The van der Waals surface area contributed by atoms with Crippen LogP contribution in [0.5, 0.6) is 0 Å². The number of carbonyl (C=O) groups excluding carboxylic acids is 2. The fourth-order valence-electron chi connectivity index (χ4n) is 1.16. The van der Waals surface area contributed by atoms with Crippen LogP contribution >= 0.6 is 0 Å². The van der Waals surface area contributed by atoms with E-state index in [1.165, 1.54) is 6.92 Å². The molecule has 5 N–H and O–H groups in total. The minimum absolute atomic E-state index is 0.0117. The molecule has 10 heteroatoms. The zero-order valence-corrected chi connectivity index (χ0v) is 10.6. The van der Waals surface area contributed by atoms with Crippen LogP contribution < -0.4 is 5.73 Å². The predicted octanol–water partition coefficient (Wildman–Crippen LogP) is -1.94. The molecule has 0 fully saturated rings. The summed E-state index contributed by atoms with van der Waals surface area (Å²) < 4.78 is 8.77. The molecule has 0 amide bonds. The van der Waals surface area contributed by atoms with Gasteiger partial charge in [0.05, 0.1) is 19.4 Å². The molecule has 0 aliphatic heterocycles. The van der Waals surface area contributed by atoms with Crippen LogP contribution in [0.1, 0.15) is 19.8 Å². The Hall–Kier alpha value is -2.20. The van der Waals surface area contributed by atoms with Crippen molar-refractivity contribution in [1.29, 1.82) is 0 Å². The van der Waals surface area contributed by atoms with E-state index >= 15 is 0 Å². The van der Waals surface area contributed by atoms with Gasteiger partial charge in [0.25, 0.3) is 0 Å². The number of carboxylic acids is 2. The van der Waals surface area contributed by atoms with Gasteiger partial charge >= 0.3 is 23.9 Å². The van der Waals surface area contributed by atoms with Crippen LogP contribution in [0.15, 0.2) is 0 Å². The molecular formula is C10H15NO9. The Kier molecular flexibility index (Phi) is 6.59. The van der Waals surface area contributed by atoms with Crippen LogP contribution in [-0.2, 0) is 28.7 Å². The standard InChI is InChI=1S/C10H15NO9/c1-2-19-8(15)7(11)20-6(14)4-10(18,9(16)17)3-5(12)13/h7,18H,2-4,11H2,1H3,(H,12,13)(H,16,17). The van der Waals surface area contributed by atoms with Crippen LogP contribution in [0.3, 0.4) is 0 Å². The largest absolute Gasteiger partial charge is 0.481 e. The number of carboxylic acid groups (broad SMARTS) is 2. The number of rotatable bonds is 8. The molecule has 2 unspecified atom stereocenters. The highest BCUT2D eigenvalue weighted by molar-refractivity contribution is 5.89. The summed E-state index contributed by atoms with van der Waals surface area (Å²) in [5.74, 6) is -5.95. The SMILES string of the molecule is CCOC(=O)C(N)OC(=O)CC(O)(CC(=O)O)C(=O)O. The molecule has 2 atom stereocenters. The normalized spacial score (nSPS) is 14.8. The number of carbonyl (C=O) groups is 4. The van der Waals surface area contributed by atoms with Crippen LogP contribution in [0.25, 0.3) is 0 Å². The molecule has 0 saturated carbocycles. The number of aliphatic hydroxyl groups is 1. The molecule has 0 aromatic heterocycles. The lowest BCUT2D eigenvalue weighted by Gasteiger charge is -2.21. The summed E-state index contributed by atoms with van der Waals surface area (Å²) in [6.45, 7) is 1.48. The highest BCUT2D eigenvalue weighted by atomic mass is 16.6. The fraction of sp³-hybridized carbons (Fsp3) is 0.600. The van der Waals surface area contributed by atoms with Gasteiger partial charge in [0.2, 0.25) is 6.23 Å². The number of ether oxygens (including phenoxy) is 2. The Morgan fingerprint density at radius 3 is 2.15 bits per heavy atom. The average molecular weight is 293 g/mol. The van der Waals surface area contributed by atoms with E-state index in [-0.39, 0.29) is 6.61 Å². The molecule has 0 saturated heterocycles.